The molecule has 0 spiro atoms. The lowest BCUT2D eigenvalue weighted by Crippen LogP contribution is -2.09. The molecule has 2 nitrogen and oxygen atoms in total. The summed E-state index contributed by atoms with van der Waals surface area (Å²) in [5, 5.41) is 4.58. The molecule has 0 aliphatic carbocycles. The number of rotatable bonds is 6. The highest BCUT2D eigenvalue weighted by molar-refractivity contribution is 7.15. The van der Waals surface area contributed by atoms with E-state index >= 15 is 0 Å². The van der Waals surface area contributed by atoms with Crippen molar-refractivity contribution in [1.29, 1.82) is 0 Å². The van der Waals surface area contributed by atoms with E-state index < -0.39 is 0 Å². The molecule has 2 rings (SSSR count). The fourth-order valence-electron chi connectivity index (χ4n) is 2.39. The Morgan fingerprint density at radius 1 is 1.00 bits per heavy atom. The van der Waals surface area contributed by atoms with Crippen molar-refractivity contribution in [2.45, 2.75) is 52.4 Å². The average molecular weight is 302 g/mol. The molecule has 1 aromatic heterocycles. The van der Waals surface area contributed by atoms with Crippen LogP contribution in [0.1, 0.15) is 68.5 Å². The monoisotopic (exact) mass is 302 g/mol. The van der Waals surface area contributed by atoms with E-state index in [9.17, 15) is 0 Å². The normalized spacial score (nSPS) is 12.9. The summed E-state index contributed by atoms with van der Waals surface area (Å²) in [5.74, 6) is 1.52. The topological polar surface area (TPSA) is 24.9 Å². The van der Waals surface area contributed by atoms with Crippen molar-refractivity contribution in [2.24, 2.45) is 0 Å². The van der Waals surface area contributed by atoms with Crippen LogP contribution >= 0.6 is 11.3 Å². The molecule has 0 fully saturated rings. The van der Waals surface area contributed by atoms with Gasteiger partial charge in [-0.05, 0) is 23.3 Å². The highest BCUT2D eigenvalue weighted by atomic mass is 32.1. The molecule has 2 aromatic rings. The largest absolute Gasteiger partial charge is 0.361 e. The van der Waals surface area contributed by atoms with Gasteiger partial charge in [-0.2, -0.15) is 0 Å². The van der Waals surface area contributed by atoms with E-state index in [2.05, 4.69) is 70.3 Å². The zero-order valence-electron chi connectivity index (χ0n) is 13.7. The number of benzene rings is 1. The highest BCUT2D eigenvalue weighted by Crippen LogP contribution is 2.34. The molecule has 1 N–H and O–H groups in total. The van der Waals surface area contributed by atoms with Gasteiger partial charge >= 0.3 is 0 Å². The van der Waals surface area contributed by atoms with Crippen molar-refractivity contribution >= 4 is 16.5 Å². The minimum Gasteiger partial charge on any atom is -0.361 e. The number of nitrogens with one attached hydrogen (secondary N) is 1. The average Bonchev–Trinajstić information content (AvgIpc) is 2.90. The number of hydrogen-bond donors (Lipinski definition) is 1. The Morgan fingerprint density at radius 2 is 1.67 bits per heavy atom. The molecule has 0 amide bonds. The van der Waals surface area contributed by atoms with E-state index in [0.29, 0.717) is 17.8 Å². The summed E-state index contributed by atoms with van der Waals surface area (Å²) in [6.07, 6.45) is 0. The first-order valence-corrected chi connectivity index (χ1v) is 8.60. The quantitative estimate of drug-likeness (QED) is 0.750. The van der Waals surface area contributed by atoms with Gasteiger partial charge in [0.25, 0.3) is 0 Å². The highest BCUT2D eigenvalue weighted by Gasteiger charge is 2.17. The maximum absolute atomic E-state index is 4.80. The Bertz CT molecular complexity index is 532. The van der Waals surface area contributed by atoms with Gasteiger partial charge in [0.15, 0.2) is 5.13 Å². The Balaban J connectivity index is 2.05. The Hall–Kier alpha value is -1.35. The smallest absolute Gasteiger partial charge is 0.183 e. The number of hydrogen-bond acceptors (Lipinski definition) is 3. The van der Waals surface area contributed by atoms with Gasteiger partial charge in [-0.3, -0.25) is 0 Å². The first-order chi connectivity index (χ1) is 9.99. The standard InChI is InChI=1S/C18H26N2S/c1-12(2)16-17(13(3)4)21-18(20-16)19-11-14(5)15-9-7-6-8-10-15/h6-10,12-14H,11H2,1-5H3,(H,19,20). The second-order valence-corrected chi connectivity index (χ2v) is 7.30. The molecular weight excluding hydrogens is 276 g/mol. The van der Waals surface area contributed by atoms with Crippen molar-refractivity contribution in [3.63, 3.8) is 0 Å². The molecule has 114 valence electrons. The summed E-state index contributed by atoms with van der Waals surface area (Å²) in [7, 11) is 0. The number of nitrogens with zero attached hydrogens (tertiary/aromatic N) is 1. The molecule has 1 heterocycles. The van der Waals surface area contributed by atoms with Crippen molar-refractivity contribution in [1.82, 2.24) is 4.98 Å². The fraction of sp³-hybridized carbons (Fsp3) is 0.500. The van der Waals surface area contributed by atoms with Crippen LogP contribution in [0.25, 0.3) is 0 Å². The van der Waals surface area contributed by atoms with Crippen molar-refractivity contribution in [3.05, 3.63) is 46.5 Å². The lowest BCUT2D eigenvalue weighted by atomic mass is 10.0. The molecule has 1 atom stereocenters. The molecule has 0 radical (unpaired) electrons. The third kappa shape index (κ3) is 4.07. The lowest BCUT2D eigenvalue weighted by Gasteiger charge is -2.12. The van der Waals surface area contributed by atoms with Crippen LogP contribution in [0.4, 0.5) is 5.13 Å². The molecule has 0 aliphatic rings. The van der Waals surface area contributed by atoms with Crippen molar-refractivity contribution < 1.29 is 0 Å². The van der Waals surface area contributed by atoms with Gasteiger partial charge in [0, 0.05) is 11.4 Å². The summed E-state index contributed by atoms with van der Waals surface area (Å²) < 4.78 is 0. The van der Waals surface area contributed by atoms with Crippen LogP contribution < -0.4 is 5.32 Å². The van der Waals surface area contributed by atoms with Gasteiger partial charge in [-0.25, -0.2) is 4.98 Å². The van der Waals surface area contributed by atoms with Crippen LogP contribution in [-0.4, -0.2) is 11.5 Å². The van der Waals surface area contributed by atoms with Crippen molar-refractivity contribution in [3.8, 4) is 0 Å². The molecule has 0 bridgehead atoms. The third-order valence-electron chi connectivity index (χ3n) is 3.68. The van der Waals surface area contributed by atoms with Crippen molar-refractivity contribution in [2.75, 3.05) is 11.9 Å². The van der Waals surface area contributed by atoms with E-state index in [0.717, 1.165) is 11.7 Å². The molecule has 3 heteroatoms. The van der Waals surface area contributed by atoms with E-state index in [4.69, 9.17) is 4.98 Å². The van der Waals surface area contributed by atoms with E-state index in [1.54, 1.807) is 0 Å². The summed E-state index contributed by atoms with van der Waals surface area (Å²) in [6, 6.07) is 10.6. The van der Waals surface area contributed by atoms with Crippen LogP contribution in [0.5, 0.6) is 0 Å². The fourth-order valence-corrected chi connectivity index (χ4v) is 3.52. The number of anilines is 1. The molecule has 1 aromatic carbocycles. The first kappa shape index (κ1) is 16.0. The van der Waals surface area contributed by atoms with Crippen LogP contribution in [0, 0.1) is 0 Å². The Kier molecular flexibility index (Phi) is 5.40. The lowest BCUT2D eigenvalue weighted by molar-refractivity contribution is 0.776. The molecule has 21 heavy (non-hydrogen) atoms. The predicted octanol–water partition coefficient (Wildman–Crippen LogP) is 5.61. The van der Waals surface area contributed by atoms with Crippen LogP contribution in [0.2, 0.25) is 0 Å². The summed E-state index contributed by atoms with van der Waals surface area (Å²) >= 11 is 1.81. The number of aromatic nitrogens is 1. The van der Waals surface area contributed by atoms with Crippen LogP contribution in [-0.2, 0) is 0 Å². The van der Waals surface area contributed by atoms with Gasteiger partial charge in [0.05, 0.1) is 5.69 Å². The zero-order valence-corrected chi connectivity index (χ0v) is 14.5. The molecule has 0 aliphatic heterocycles. The zero-order chi connectivity index (χ0) is 15.4. The second kappa shape index (κ2) is 7.08. The van der Waals surface area contributed by atoms with Gasteiger partial charge < -0.3 is 5.32 Å². The maximum atomic E-state index is 4.80. The molecular formula is C18H26N2S. The van der Waals surface area contributed by atoms with Crippen LogP contribution in [0.15, 0.2) is 30.3 Å². The van der Waals surface area contributed by atoms with E-state index in [-0.39, 0.29) is 0 Å². The SMILES string of the molecule is CC(C)c1nc(NCC(C)c2ccccc2)sc1C(C)C. The third-order valence-corrected chi connectivity index (χ3v) is 5.01. The summed E-state index contributed by atoms with van der Waals surface area (Å²) in [5.41, 5.74) is 2.62. The summed E-state index contributed by atoms with van der Waals surface area (Å²) in [4.78, 5) is 6.22. The van der Waals surface area contributed by atoms with Gasteiger partial charge in [-0.15, -0.1) is 11.3 Å². The molecule has 0 saturated heterocycles. The van der Waals surface area contributed by atoms with Gasteiger partial charge in [0.2, 0.25) is 0 Å². The first-order valence-electron chi connectivity index (χ1n) is 7.78. The second-order valence-electron chi connectivity index (χ2n) is 6.27. The predicted molar refractivity (Wildman–Crippen MR) is 93.6 cm³/mol. The van der Waals surface area contributed by atoms with E-state index in [1.807, 2.05) is 11.3 Å². The molecule has 1 unspecified atom stereocenters. The maximum Gasteiger partial charge on any atom is 0.183 e. The van der Waals surface area contributed by atoms with Gasteiger partial charge in [0.1, 0.15) is 0 Å². The van der Waals surface area contributed by atoms with E-state index in [1.165, 1.54) is 16.1 Å². The Morgan fingerprint density at radius 3 is 2.19 bits per heavy atom. The minimum absolute atomic E-state index is 0.486. The van der Waals surface area contributed by atoms with Crippen LogP contribution in [0.3, 0.4) is 0 Å². The molecule has 0 saturated carbocycles. The van der Waals surface area contributed by atoms with Gasteiger partial charge in [-0.1, -0.05) is 65.0 Å². The number of thiazole rings is 1. The minimum atomic E-state index is 0.486. The Labute approximate surface area is 132 Å². The summed E-state index contributed by atoms with van der Waals surface area (Å²) in [6.45, 7) is 12.1.